The molecule has 0 bridgehead atoms. The Morgan fingerprint density at radius 2 is 1.93 bits per heavy atom. The Labute approximate surface area is 167 Å². The second kappa shape index (κ2) is 9.22. The number of rotatable bonds is 4. The van der Waals surface area contributed by atoms with Gasteiger partial charge in [0.2, 0.25) is 0 Å². The Balaban J connectivity index is 0.00000109. The molecule has 0 saturated heterocycles. The van der Waals surface area contributed by atoms with Gasteiger partial charge in [-0.25, -0.2) is 4.98 Å². The molecular weight excluding hydrogens is 348 g/mol. The monoisotopic (exact) mass is 376 g/mol. The zero-order valence-electron chi connectivity index (χ0n) is 16.8. The van der Waals surface area contributed by atoms with Gasteiger partial charge in [-0.3, -0.25) is 4.79 Å². The summed E-state index contributed by atoms with van der Waals surface area (Å²) in [7, 11) is 0. The number of aryl methyl sites for hydroxylation is 1. The summed E-state index contributed by atoms with van der Waals surface area (Å²) in [5, 5.41) is 10.1. The number of aromatic nitrogens is 1. The fourth-order valence-electron chi connectivity index (χ4n) is 3.35. The molecule has 0 spiro atoms. The third-order valence-electron chi connectivity index (χ3n) is 4.52. The average Bonchev–Trinajstić information content (AvgIpc) is 2.70. The van der Waals surface area contributed by atoms with Crippen LogP contribution in [0.5, 0.6) is 0 Å². The highest BCUT2D eigenvalue weighted by Crippen LogP contribution is 2.32. The van der Waals surface area contributed by atoms with Crippen LogP contribution in [0.4, 0.5) is 17.2 Å². The number of para-hydroxylation sites is 1. The molecule has 1 aliphatic heterocycles. The van der Waals surface area contributed by atoms with E-state index in [2.05, 4.69) is 39.2 Å². The van der Waals surface area contributed by atoms with E-state index in [9.17, 15) is 4.79 Å². The molecule has 2 heterocycles. The number of allylic oxidation sites excluding steroid dienone is 3. The number of nitrogens with zero attached hydrogens (tertiary/aromatic N) is 1. The highest BCUT2D eigenvalue weighted by molar-refractivity contribution is 6.08. The van der Waals surface area contributed by atoms with Crippen molar-refractivity contribution in [3.8, 4) is 0 Å². The molecule has 1 aliphatic carbocycles. The molecule has 0 radical (unpaired) electrons. The number of pyridine rings is 1. The van der Waals surface area contributed by atoms with Gasteiger partial charge in [-0.15, -0.1) is 0 Å². The molecular formula is C23H28N4O. The summed E-state index contributed by atoms with van der Waals surface area (Å²) >= 11 is 0. The molecule has 146 valence electrons. The minimum atomic E-state index is -0.150. The number of hydrogen-bond acceptors (Lipinski definition) is 5. The predicted molar refractivity (Wildman–Crippen MR) is 116 cm³/mol. The zero-order valence-corrected chi connectivity index (χ0v) is 16.8. The Morgan fingerprint density at radius 1 is 1.14 bits per heavy atom. The van der Waals surface area contributed by atoms with Crippen molar-refractivity contribution in [2.45, 2.75) is 46.2 Å². The minimum Gasteiger partial charge on any atom is -0.365 e. The maximum atomic E-state index is 12.9. The first kappa shape index (κ1) is 19.7. The first-order valence-electron chi connectivity index (χ1n) is 9.96. The topological polar surface area (TPSA) is 66.1 Å². The molecule has 1 aromatic carbocycles. The average molecular weight is 377 g/mol. The number of benzene rings is 1. The molecule has 0 fully saturated rings. The first-order valence-corrected chi connectivity index (χ1v) is 9.96. The standard InChI is InChI=1S/C21H22N4O.C2H6/c1-14-12-17(23-15-8-4-2-5-9-15)20-18(26)13-19(25-21(20)22-14)24-16-10-6-3-7-11-16;1-2/h2,4-6,8-12,19,24H,3,7,13H2,1H3,(H2,22,23,25);1-2H3. The summed E-state index contributed by atoms with van der Waals surface area (Å²) in [6, 6.07) is 11.8. The summed E-state index contributed by atoms with van der Waals surface area (Å²) in [4.78, 5) is 17.4. The van der Waals surface area contributed by atoms with E-state index in [-0.39, 0.29) is 11.9 Å². The van der Waals surface area contributed by atoms with Gasteiger partial charge in [-0.05, 0) is 44.0 Å². The van der Waals surface area contributed by atoms with Crippen molar-refractivity contribution in [1.82, 2.24) is 10.3 Å². The van der Waals surface area contributed by atoms with E-state index in [0.717, 1.165) is 35.6 Å². The van der Waals surface area contributed by atoms with Crippen LogP contribution < -0.4 is 16.0 Å². The highest BCUT2D eigenvalue weighted by Gasteiger charge is 2.28. The molecule has 1 aromatic heterocycles. The lowest BCUT2D eigenvalue weighted by Crippen LogP contribution is -2.41. The van der Waals surface area contributed by atoms with Crippen molar-refractivity contribution in [3.63, 3.8) is 0 Å². The van der Waals surface area contributed by atoms with Crippen LogP contribution in [0.3, 0.4) is 0 Å². The summed E-state index contributed by atoms with van der Waals surface area (Å²) in [6.07, 6.45) is 8.70. The molecule has 2 aromatic rings. The van der Waals surface area contributed by atoms with Crippen LogP contribution >= 0.6 is 0 Å². The van der Waals surface area contributed by atoms with Gasteiger partial charge in [0.15, 0.2) is 5.78 Å². The molecule has 1 unspecified atom stereocenters. The van der Waals surface area contributed by atoms with Crippen molar-refractivity contribution in [2.24, 2.45) is 0 Å². The molecule has 1 atom stereocenters. The second-order valence-corrected chi connectivity index (χ2v) is 6.63. The maximum absolute atomic E-state index is 12.9. The first-order chi connectivity index (χ1) is 13.7. The molecule has 2 aliphatic rings. The van der Waals surface area contributed by atoms with Crippen LogP contribution in [0, 0.1) is 6.92 Å². The van der Waals surface area contributed by atoms with E-state index in [1.807, 2.05) is 57.2 Å². The number of nitrogens with one attached hydrogen (secondary N) is 3. The van der Waals surface area contributed by atoms with E-state index in [0.29, 0.717) is 17.8 Å². The highest BCUT2D eigenvalue weighted by atomic mass is 16.1. The lowest BCUT2D eigenvalue weighted by Gasteiger charge is -2.29. The van der Waals surface area contributed by atoms with E-state index >= 15 is 0 Å². The fourth-order valence-corrected chi connectivity index (χ4v) is 3.35. The number of ketones is 1. The van der Waals surface area contributed by atoms with Gasteiger partial charge in [0.1, 0.15) is 12.0 Å². The summed E-state index contributed by atoms with van der Waals surface area (Å²) in [6.45, 7) is 5.94. The van der Waals surface area contributed by atoms with Gasteiger partial charge in [-0.1, -0.05) is 44.2 Å². The lowest BCUT2D eigenvalue weighted by atomic mass is 10.00. The number of fused-ring (bicyclic) bond motifs is 1. The zero-order chi connectivity index (χ0) is 19.9. The summed E-state index contributed by atoms with van der Waals surface area (Å²) < 4.78 is 0. The SMILES string of the molecule is CC.Cc1cc(Nc2ccccc2)c2c(n1)NC(NC1=CCCC=C1)CC2=O. The Hall–Kier alpha value is -3.08. The van der Waals surface area contributed by atoms with Gasteiger partial charge >= 0.3 is 0 Å². The van der Waals surface area contributed by atoms with Crippen molar-refractivity contribution < 1.29 is 4.79 Å². The van der Waals surface area contributed by atoms with Crippen LogP contribution in [0.2, 0.25) is 0 Å². The van der Waals surface area contributed by atoms with E-state index in [1.165, 1.54) is 0 Å². The Kier molecular flexibility index (Phi) is 6.48. The number of hydrogen-bond donors (Lipinski definition) is 3. The fraction of sp³-hybridized carbons (Fsp3) is 0.304. The second-order valence-electron chi connectivity index (χ2n) is 6.63. The van der Waals surface area contributed by atoms with Crippen LogP contribution in [0.15, 0.2) is 60.3 Å². The van der Waals surface area contributed by atoms with Crippen LogP contribution in [-0.4, -0.2) is 16.9 Å². The summed E-state index contributed by atoms with van der Waals surface area (Å²) in [5.41, 5.74) is 4.29. The van der Waals surface area contributed by atoms with Crippen molar-refractivity contribution >= 4 is 23.0 Å². The normalized spacial score (nSPS) is 17.5. The van der Waals surface area contributed by atoms with Gasteiger partial charge < -0.3 is 16.0 Å². The lowest BCUT2D eigenvalue weighted by molar-refractivity contribution is 0.0970. The Bertz CT molecular complexity index is 887. The third-order valence-corrected chi connectivity index (χ3v) is 4.52. The van der Waals surface area contributed by atoms with Crippen molar-refractivity contribution in [3.05, 3.63) is 71.6 Å². The quantitative estimate of drug-likeness (QED) is 0.675. The number of carbonyl (C=O) groups is 1. The molecule has 0 amide bonds. The van der Waals surface area contributed by atoms with Gasteiger partial charge in [0.05, 0.1) is 11.3 Å². The van der Waals surface area contributed by atoms with Gasteiger partial charge in [0, 0.05) is 23.5 Å². The van der Waals surface area contributed by atoms with Crippen LogP contribution in [0.1, 0.15) is 49.2 Å². The Morgan fingerprint density at radius 3 is 2.64 bits per heavy atom. The van der Waals surface area contributed by atoms with Crippen molar-refractivity contribution in [1.29, 1.82) is 0 Å². The van der Waals surface area contributed by atoms with Crippen LogP contribution in [0.25, 0.3) is 0 Å². The predicted octanol–water partition coefficient (Wildman–Crippen LogP) is 5.31. The molecule has 3 N–H and O–H groups in total. The third kappa shape index (κ3) is 4.60. The number of carbonyl (C=O) groups excluding carboxylic acids is 1. The van der Waals surface area contributed by atoms with E-state index < -0.39 is 0 Å². The number of anilines is 3. The summed E-state index contributed by atoms with van der Waals surface area (Å²) in [5.74, 6) is 0.722. The maximum Gasteiger partial charge on any atom is 0.172 e. The molecule has 0 saturated carbocycles. The minimum absolute atomic E-state index is 0.0857. The van der Waals surface area contributed by atoms with Crippen molar-refractivity contribution in [2.75, 3.05) is 10.6 Å². The smallest absolute Gasteiger partial charge is 0.172 e. The molecule has 5 nitrogen and oxygen atoms in total. The van der Waals surface area contributed by atoms with Crippen LogP contribution in [-0.2, 0) is 0 Å². The molecule has 5 heteroatoms. The van der Waals surface area contributed by atoms with Gasteiger partial charge in [0.25, 0.3) is 0 Å². The molecule has 4 rings (SSSR count). The number of Topliss-reactive ketones (excluding diaryl/α,β-unsaturated/α-hetero) is 1. The van der Waals surface area contributed by atoms with E-state index in [1.54, 1.807) is 0 Å². The largest absolute Gasteiger partial charge is 0.365 e. The van der Waals surface area contributed by atoms with Gasteiger partial charge in [-0.2, -0.15) is 0 Å². The molecule has 28 heavy (non-hydrogen) atoms. The van der Waals surface area contributed by atoms with E-state index in [4.69, 9.17) is 0 Å².